The summed E-state index contributed by atoms with van der Waals surface area (Å²) < 4.78 is 19.1. The number of benzene rings is 3. The van der Waals surface area contributed by atoms with Crippen LogP contribution in [0.15, 0.2) is 78.9 Å². The second-order valence-electron chi connectivity index (χ2n) is 11.3. The van der Waals surface area contributed by atoms with Gasteiger partial charge in [-0.2, -0.15) is 0 Å². The number of carbonyl (C=O) groups excluding carboxylic acids is 1. The summed E-state index contributed by atoms with van der Waals surface area (Å²) in [6.07, 6.45) is 2.49. The molecule has 0 bridgehead atoms. The fraction of sp³-hybridized carbons (Fsp3) is 0.406. The zero-order chi connectivity index (χ0) is 26.4. The van der Waals surface area contributed by atoms with Crippen molar-refractivity contribution >= 4 is 5.91 Å². The molecule has 0 saturated carbocycles. The monoisotopic (exact) mass is 502 g/mol. The first kappa shape index (κ1) is 26.9. The van der Waals surface area contributed by atoms with E-state index < -0.39 is 0 Å². The van der Waals surface area contributed by atoms with Gasteiger partial charge in [-0.05, 0) is 72.2 Å². The Morgan fingerprint density at radius 3 is 2.22 bits per heavy atom. The van der Waals surface area contributed by atoms with Crippen molar-refractivity contribution in [3.8, 4) is 5.75 Å². The van der Waals surface area contributed by atoms with Gasteiger partial charge in [0.25, 0.3) is 0 Å². The molecule has 5 heteroatoms. The van der Waals surface area contributed by atoms with Crippen LogP contribution in [0.3, 0.4) is 0 Å². The summed E-state index contributed by atoms with van der Waals surface area (Å²) in [6, 6.07) is 24.5. The van der Waals surface area contributed by atoms with E-state index in [1.165, 1.54) is 12.1 Å². The van der Waals surface area contributed by atoms with Crippen molar-refractivity contribution in [2.45, 2.75) is 58.7 Å². The molecule has 1 fully saturated rings. The molecule has 4 nitrogen and oxygen atoms in total. The molecule has 1 aliphatic heterocycles. The van der Waals surface area contributed by atoms with E-state index in [1.807, 2.05) is 35.2 Å². The van der Waals surface area contributed by atoms with Crippen LogP contribution >= 0.6 is 0 Å². The van der Waals surface area contributed by atoms with E-state index in [1.54, 1.807) is 19.2 Å². The quantitative estimate of drug-likeness (QED) is 0.362. The van der Waals surface area contributed by atoms with Crippen LogP contribution in [0.5, 0.6) is 5.75 Å². The smallest absolute Gasteiger partial charge is 0.241 e. The van der Waals surface area contributed by atoms with Crippen molar-refractivity contribution < 1.29 is 13.9 Å². The van der Waals surface area contributed by atoms with Gasteiger partial charge >= 0.3 is 0 Å². The minimum absolute atomic E-state index is 0.0611. The van der Waals surface area contributed by atoms with Crippen LogP contribution in [0.1, 0.15) is 56.3 Å². The maximum Gasteiger partial charge on any atom is 0.241 e. The lowest BCUT2D eigenvalue weighted by Gasteiger charge is -2.43. The highest BCUT2D eigenvalue weighted by atomic mass is 19.1. The molecule has 2 atom stereocenters. The Bertz CT molecular complexity index is 1140. The van der Waals surface area contributed by atoms with E-state index in [-0.39, 0.29) is 29.2 Å². The molecule has 0 radical (unpaired) electrons. The fourth-order valence-electron chi connectivity index (χ4n) is 5.30. The maximum atomic E-state index is 14.6. The third kappa shape index (κ3) is 7.20. The number of halogens is 1. The number of hydrogen-bond acceptors (Lipinski definition) is 3. The van der Waals surface area contributed by atoms with Crippen LogP contribution in [0.2, 0.25) is 0 Å². The topological polar surface area (TPSA) is 32.8 Å². The zero-order valence-electron chi connectivity index (χ0n) is 22.5. The van der Waals surface area contributed by atoms with Crippen LogP contribution in [-0.4, -0.2) is 41.9 Å². The summed E-state index contributed by atoms with van der Waals surface area (Å²) in [5, 5.41) is 0. The molecule has 4 rings (SSSR count). The van der Waals surface area contributed by atoms with Crippen molar-refractivity contribution in [1.82, 2.24) is 9.80 Å². The average molecular weight is 503 g/mol. The average Bonchev–Trinajstić information content (AvgIpc) is 2.88. The van der Waals surface area contributed by atoms with E-state index in [9.17, 15) is 9.18 Å². The number of hydrogen-bond donors (Lipinski definition) is 0. The van der Waals surface area contributed by atoms with E-state index >= 15 is 0 Å². The van der Waals surface area contributed by atoms with Crippen molar-refractivity contribution in [2.24, 2.45) is 5.41 Å². The number of nitrogens with zero attached hydrogens (tertiary/aromatic N) is 2. The van der Waals surface area contributed by atoms with Crippen LogP contribution in [-0.2, 0) is 17.8 Å². The van der Waals surface area contributed by atoms with Crippen molar-refractivity contribution in [1.29, 1.82) is 0 Å². The molecule has 0 N–H and O–H groups in total. The third-order valence-electron chi connectivity index (χ3n) is 7.02. The Morgan fingerprint density at radius 2 is 1.59 bits per heavy atom. The van der Waals surface area contributed by atoms with E-state index in [0.29, 0.717) is 13.0 Å². The highest BCUT2D eigenvalue weighted by molar-refractivity contribution is 5.83. The van der Waals surface area contributed by atoms with Gasteiger partial charge < -0.3 is 9.64 Å². The molecule has 0 aromatic heterocycles. The van der Waals surface area contributed by atoms with Gasteiger partial charge in [0, 0.05) is 13.1 Å². The molecule has 0 aliphatic carbocycles. The Labute approximate surface area is 221 Å². The first-order valence-electron chi connectivity index (χ1n) is 13.2. The van der Waals surface area contributed by atoms with Gasteiger partial charge in [0.05, 0.1) is 19.2 Å². The van der Waals surface area contributed by atoms with E-state index in [4.69, 9.17) is 4.74 Å². The van der Waals surface area contributed by atoms with Gasteiger partial charge in [0.15, 0.2) is 0 Å². The number of methoxy groups -OCH3 is 1. The molecule has 1 amide bonds. The lowest BCUT2D eigenvalue weighted by atomic mass is 9.90. The highest BCUT2D eigenvalue weighted by Crippen LogP contribution is 2.33. The normalized spacial score (nSPS) is 19.4. The lowest BCUT2D eigenvalue weighted by molar-refractivity contribution is -0.142. The Balaban J connectivity index is 1.74. The molecule has 196 valence electrons. The molecule has 1 aliphatic rings. The molecular formula is C32H39FN2O2. The first-order chi connectivity index (χ1) is 17.7. The molecule has 0 spiro atoms. The van der Waals surface area contributed by atoms with E-state index in [2.05, 4.69) is 49.9 Å². The van der Waals surface area contributed by atoms with Crippen LogP contribution in [0.4, 0.5) is 4.39 Å². The summed E-state index contributed by atoms with van der Waals surface area (Å²) >= 11 is 0. The zero-order valence-corrected chi connectivity index (χ0v) is 22.5. The maximum absolute atomic E-state index is 14.6. The second kappa shape index (κ2) is 11.9. The van der Waals surface area contributed by atoms with Gasteiger partial charge in [0.2, 0.25) is 5.91 Å². The standard InChI is InChI=1S/C32H39FN2O2/c1-32(2,3)23-34-20-8-11-29(26-14-18-28(37-4)19-15-26)35(22-25-12-16-27(33)17-13-25)31(36)30(34)21-24-9-6-5-7-10-24/h5-7,9-10,12-19,29-30H,8,11,20-23H2,1-4H3/t29-,30-/m1/s1. The molecule has 37 heavy (non-hydrogen) atoms. The van der Waals surface area contributed by atoms with Crippen molar-refractivity contribution in [3.63, 3.8) is 0 Å². The summed E-state index contributed by atoms with van der Waals surface area (Å²) in [5.74, 6) is 0.648. The summed E-state index contributed by atoms with van der Waals surface area (Å²) in [7, 11) is 1.66. The molecular weight excluding hydrogens is 463 g/mol. The minimum Gasteiger partial charge on any atom is -0.497 e. The van der Waals surface area contributed by atoms with Crippen LogP contribution < -0.4 is 4.74 Å². The highest BCUT2D eigenvalue weighted by Gasteiger charge is 2.37. The van der Waals surface area contributed by atoms with Crippen LogP contribution in [0.25, 0.3) is 0 Å². The predicted molar refractivity (Wildman–Crippen MR) is 147 cm³/mol. The Kier molecular flexibility index (Phi) is 8.65. The molecule has 0 unspecified atom stereocenters. The Morgan fingerprint density at radius 1 is 0.919 bits per heavy atom. The largest absolute Gasteiger partial charge is 0.497 e. The SMILES string of the molecule is COc1ccc([C@H]2CCCN(CC(C)(C)C)[C@H](Cc3ccccc3)C(=O)N2Cc2ccc(F)cc2)cc1. The number of ether oxygens (including phenoxy) is 1. The molecule has 3 aromatic rings. The number of rotatable bonds is 7. The summed E-state index contributed by atoms with van der Waals surface area (Å²) in [6.45, 7) is 8.83. The van der Waals surface area contributed by atoms with E-state index in [0.717, 1.165) is 48.4 Å². The minimum atomic E-state index is -0.275. The summed E-state index contributed by atoms with van der Waals surface area (Å²) in [4.78, 5) is 19.0. The third-order valence-corrected chi connectivity index (χ3v) is 7.02. The van der Waals surface area contributed by atoms with Crippen molar-refractivity contribution in [2.75, 3.05) is 20.2 Å². The summed E-state index contributed by atoms with van der Waals surface area (Å²) in [5.41, 5.74) is 3.24. The second-order valence-corrected chi connectivity index (χ2v) is 11.3. The van der Waals surface area contributed by atoms with Crippen LogP contribution in [0, 0.1) is 11.2 Å². The first-order valence-corrected chi connectivity index (χ1v) is 13.2. The van der Waals surface area contributed by atoms with Gasteiger partial charge in [0.1, 0.15) is 11.6 Å². The Hall–Kier alpha value is -3.18. The van der Waals surface area contributed by atoms with Crippen molar-refractivity contribution in [3.05, 3.63) is 101 Å². The molecule has 3 aromatic carbocycles. The molecule has 1 heterocycles. The predicted octanol–water partition coefficient (Wildman–Crippen LogP) is 6.66. The fourth-order valence-corrected chi connectivity index (χ4v) is 5.30. The van der Waals surface area contributed by atoms with Gasteiger partial charge in [-0.15, -0.1) is 0 Å². The molecule has 1 saturated heterocycles. The van der Waals surface area contributed by atoms with Gasteiger partial charge in [-0.1, -0.05) is 75.4 Å². The number of amides is 1. The van der Waals surface area contributed by atoms with Gasteiger partial charge in [-0.3, -0.25) is 9.69 Å². The lowest BCUT2D eigenvalue weighted by Crippen LogP contribution is -2.54. The van der Waals surface area contributed by atoms with Gasteiger partial charge in [-0.25, -0.2) is 4.39 Å². The number of carbonyl (C=O) groups is 1.